The highest BCUT2D eigenvalue weighted by molar-refractivity contribution is 7.09. The molecule has 6 nitrogen and oxygen atoms in total. The molecule has 170 valence electrons. The van der Waals surface area contributed by atoms with Crippen LogP contribution in [0.15, 0.2) is 48.0 Å². The molecule has 33 heavy (non-hydrogen) atoms. The van der Waals surface area contributed by atoms with E-state index in [1.165, 1.54) is 17.0 Å². The van der Waals surface area contributed by atoms with Crippen molar-refractivity contribution < 1.29 is 9.18 Å². The van der Waals surface area contributed by atoms with Crippen LogP contribution in [0, 0.1) is 12.7 Å². The van der Waals surface area contributed by atoms with Gasteiger partial charge in [-0.3, -0.25) is 9.69 Å². The molecule has 1 amide bonds. The van der Waals surface area contributed by atoms with Crippen molar-refractivity contribution in [1.29, 1.82) is 0 Å². The number of hydrogen-bond donors (Lipinski definition) is 0. The molecule has 1 aliphatic heterocycles. The summed E-state index contributed by atoms with van der Waals surface area (Å²) < 4.78 is 15.2. The molecule has 0 unspecified atom stereocenters. The number of aryl methyl sites for hydroxylation is 1. The number of pyridine rings is 1. The van der Waals surface area contributed by atoms with Crippen molar-refractivity contribution in [3.05, 3.63) is 80.5 Å². The first-order valence-electron chi connectivity index (χ1n) is 10.8. The van der Waals surface area contributed by atoms with Gasteiger partial charge in [0.15, 0.2) is 5.65 Å². The third-order valence-corrected chi connectivity index (χ3v) is 7.13. The molecule has 1 fully saturated rings. The molecule has 9 heteroatoms. The Morgan fingerprint density at radius 2 is 1.97 bits per heavy atom. The number of fused-ring (bicyclic) bond motifs is 1. The molecule has 0 atom stereocenters. The van der Waals surface area contributed by atoms with Gasteiger partial charge in [0.1, 0.15) is 5.82 Å². The van der Waals surface area contributed by atoms with E-state index in [1.807, 2.05) is 34.0 Å². The van der Waals surface area contributed by atoms with E-state index in [1.54, 1.807) is 23.6 Å². The molecule has 0 spiro atoms. The zero-order valence-corrected chi connectivity index (χ0v) is 19.7. The predicted octanol–water partition coefficient (Wildman–Crippen LogP) is 4.60. The molecule has 5 rings (SSSR count). The van der Waals surface area contributed by atoms with Crippen LogP contribution in [0.1, 0.15) is 26.5 Å². The van der Waals surface area contributed by atoms with Crippen LogP contribution in [0.4, 0.5) is 4.39 Å². The molecule has 4 heterocycles. The molecule has 1 aromatic carbocycles. The number of amides is 1. The number of carbonyl (C=O) groups is 1. The number of hydrogen-bond acceptors (Lipinski definition) is 5. The highest BCUT2D eigenvalue weighted by atomic mass is 35.5. The van der Waals surface area contributed by atoms with E-state index in [4.69, 9.17) is 11.6 Å². The molecule has 0 N–H and O–H groups in total. The number of nitrogens with zero attached hydrogens (tertiary/aromatic N) is 5. The van der Waals surface area contributed by atoms with Crippen molar-refractivity contribution in [2.24, 2.45) is 0 Å². The van der Waals surface area contributed by atoms with E-state index >= 15 is 0 Å². The van der Waals surface area contributed by atoms with Crippen LogP contribution in [0.2, 0.25) is 5.02 Å². The van der Waals surface area contributed by atoms with Gasteiger partial charge in [0.05, 0.1) is 23.7 Å². The maximum absolute atomic E-state index is 13.4. The first-order valence-corrected chi connectivity index (χ1v) is 12.0. The van der Waals surface area contributed by atoms with Crippen molar-refractivity contribution in [2.75, 3.05) is 26.2 Å². The second-order valence-electron chi connectivity index (χ2n) is 8.23. The molecule has 1 aliphatic rings. The lowest BCUT2D eigenvalue weighted by molar-refractivity contribution is 0.0630. The van der Waals surface area contributed by atoms with Gasteiger partial charge >= 0.3 is 0 Å². The van der Waals surface area contributed by atoms with E-state index in [9.17, 15) is 9.18 Å². The maximum atomic E-state index is 13.4. The number of carbonyl (C=O) groups excluding carboxylic acids is 1. The Hall–Kier alpha value is -2.81. The first kappa shape index (κ1) is 22.0. The second kappa shape index (κ2) is 9.21. The topological polar surface area (TPSA) is 54.3 Å². The minimum absolute atomic E-state index is 0.000591. The van der Waals surface area contributed by atoms with E-state index in [-0.39, 0.29) is 11.7 Å². The summed E-state index contributed by atoms with van der Waals surface area (Å²) in [6.07, 6.45) is 1.75. The zero-order chi connectivity index (χ0) is 22.9. The van der Waals surface area contributed by atoms with E-state index in [0.717, 1.165) is 35.4 Å². The first-order chi connectivity index (χ1) is 16.0. The van der Waals surface area contributed by atoms with E-state index < -0.39 is 0 Å². The normalized spacial score (nSPS) is 14.8. The van der Waals surface area contributed by atoms with Crippen molar-refractivity contribution in [3.63, 3.8) is 0 Å². The molecule has 1 saturated heterocycles. The van der Waals surface area contributed by atoms with Crippen molar-refractivity contribution in [1.82, 2.24) is 24.6 Å². The van der Waals surface area contributed by atoms with Crippen molar-refractivity contribution in [3.8, 4) is 0 Å². The van der Waals surface area contributed by atoms with Gasteiger partial charge in [-0.2, -0.15) is 5.10 Å². The van der Waals surface area contributed by atoms with Crippen LogP contribution in [-0.4, -0.2) is 56.7 Å². The average Bonchev–Trinajstić information content (AvgIpc) is 3.46. The fourth-order valence-electron chi connectivity index (χ4n) is 4.19. The summed E-state index contributed by atoms with van der Waals surface area (Å²) in [5, 5.41) is 7.77. The number of rotatable bonds is 5. The van der Waals surface area contributed by atoms with E-state index in [2.05, 4.69) is 21.0 Å². The Kier molecular flexibility index (Phi) is 6.14. The number of benzene rings is 1. The van der Waals surface area contributed by atoms with E-state index in [0.29, 0.717) is 36.8 Å². The molecule has 4 aromatic rings. The molecule has 0 radical (unpaired) electrons. The van der Waals surface area contributed by atoms with Gasteiger partial charge in [-0.05, 0) is 42.1 Å². The molecular formula is C24H23ClFN5OS. The van der Waals surface area contributed by atoms with Gasteiger partial charge in [0.25, 0.3) is 5.91 Å². The fourth-order valence-corrected chi connectivity index (χ4v) is 5.10. The molecule has 3 aromatic heterocycles. The Morgan fingerprint density at radius 1 is 1.15 bits per heavy atom. The van der Waals surface area contributed by atoms with Crippen molar-refractivity contribution >= 4 is 39.9 Å². The smallest absolute Gasteiger partial charge is 0.254 e. The molecular weight excluding hydrogens is 461 g/mol. The minimum Gasteiger partial charge on any atom is -0.336 e. The summed E-state index contributed by atoms with van der Waals surface area (Å²) in [5.41, 5.74) is 3.06. The third-order valence-electron chi connectivity index (χ3n) is 5.92. The number of piperazine rings is 1. The van der Waals surface area contributed by atoms with Gasteiger partial charge in [-0.15, -0.1) is 11.3 Å². The van der Waals surface area contributed by atoms with Gasteiger partial charge in [-0.1, -0.05) is 23.7 Å². The van der Waals surface area contributed by atoms with Gasteiger partial charge in [0.2, 0.25) is 0 Å². The Morgan fingerprint density at radius 3 is 2.70 bits per heavy atom. The summed E-state index contributed by atoms with van der Waals surface area (Å²) >= 11 is 7.85. The lowest BCUT2D eigenvalue weighted by Crippen LogP contribution is -2.48. The second-order valence-corrected chi connectivity index (χ2v) is 9.67. The van der Waals surface area contributed by atoms with Gasteiger partial charge in [0, 0.05) is 48.3 Å². The standard InChI is InChI=1S/C24H23ClFN5OS/c1-16-11-20(21-13-27-31(23(21)28-16)15-19-3-2-10-33-19)24(32)30-8-6-29(7-9-30)14-17-4-5-18(26)12-22(17)25/h2-5,10-13H,6-9,14-15H2,1H3. The summed E-state index contributed by atoms with van der Waals surface area (Å²) in [6, 6.07) is 10.4. The third kappa shape index (κ3) is 4.64. The SMILES string of the molecule is Cc1cc(C(=O)N2CCN(Cc3ccc(F)cc3Cl)CC2)c2cnn(Cc3cccs3)c2n1. The fraction of sp³-hybridized carbons (Fsp3) is 0.292. The Balaban J connectivity index is 1.30. The molecule has 0 saturated carbocycles. The lowest BCUT2D eigenvalue weighted by Gasteiger charge is -2.35. The summed E-state index contributed by atoms with van der Waals surface area (Å²) in [6.45, 7) is 5.86. The Labute approximate surface area is 200 Å². The van der Waals surface area contributed by atoms with Gasteiger partial charge in [-0.25, -0.2) is 14.1 Å². The zero-order valence-electron chi connectivity index (χ0n) is 18.2. The highest BCUT2D eigenvalue weighted by Gasteiger charge is 2.25. The molecule has 0 aliphatic carbocycles. The van der Waals surface area contributed by atoms with Crippen LogP contribution >= 0.6 is 22.9 Å². The van der Waals surface area contributed by atoms with Crippen LogP contribution in [0.5, 0.6) is 0 Å². The van der Waals surface area contributed by atoms with Crippen molar-refractivity contribution in [2.45, 2.75) is 20.0 Å². The highest BCUT2D eigenvalue weighted by Crippen LogP contribution is 2.23. The summed E-state index contributed by atoms with van der Waals surface area (Å²) in [7, 11) is 0. The number of halogens is 2. The Bertz CT molecular complexity index is 1300. The van der Waals surface area contributed by atoms with Gasteiger partial charge < -0.3 is 4.90 Å². The number of thiophene rings is 1. The largest absolute Gasteiger partial charge is 0.336 e. The average molecular weight is 484 g/mol. The number of aromatic nitrogens is 3. The lowest BCUT2D eigenvalue weighted by atomic mass is 10.1. The van der Waals surface area contributed by atoms with Crippen LogP contribution in [-0.2, 0) is 13.1 Å². The summed E-state index contributed by atoms with van der Waals surface area (Å²) in [5.74, 6) is -0.336. The van der Waals surface area contributed by atoms with Crippen LogP contribution in [0.3, 0.4) is 0 Å². The van der Waals surface area contributed by atoms with Crippen LogP contribution < -0.4 is 0 Å². The monoisotopic (exact) mass is 483 g/mol. The molecule has 0 bridgehead atoms. The maximum Gasteiger partial charge on any atom is 0.254 e. The quantitative estimate of drug-likeness (QED) is 0.416. The minimum atomic E-state index is -0.336. The van der Waals surface area contributed by atoms with Crippen LogP contribution in [0.25, 0.3) is 11.0 Å². The predicted molar refractivity (Wildman–Crippen MR) is 128 cm³/mol. The summed E-state index contributed by atoms with van der Waals surface area (Å²) in [4.78, 5) is 23.4.